The quantitative estimate of drug-likeness (QED) is 0.744. The molecule has 2 heterocycles. The number of fused-ring (bicyclic) bond motifs is 2. The average molecular weight is 389 g/mol. The molecule has 1 N–H and O–H groups in total. The molecule has 3 aromatic rings. The van der Waals surface area contributed by atoms with Crippen LogP contribution >= 0.6 is 0 Å². The highest BCUT2D eigenvalue weighted by Crippen LogP contribution is 2.22. The number of hydrogen-bond acceptors (Lipinski definition) is 3. The minimum Gasteiger partial charge on any atom is -0.347 e. The van der Waals surface area contributed by atoms with Crippen molar-refractivity contribution in [3.8, 4) is 0 Å². The normalized spacial score (nSPS) is 14.0. The standard InChI is InChI=1S/C24H27N3O2/c1-4-17-6-8-18(9-7-17)25-23(28)15-27-12-11-22-20(14-27)24(29)19-13-16(2)5-10-21(19)26(22)3/h5-10,13H,4,11-12,14-15H2,1-3H3,(H,25,28). The van der Waals surface area contributed by atoms with Crippen molar-refractivity contribution in [2.45, 2.75) is 33.2 Å². The number of amides is 1. The Morgan fingerprint density at radius 3 is 2.62 bits per heavy atom. The lowest BCUT2D eigenvalue weighted by Crippen LogP contribution is -2.40. The van der Waals surface area contributed by atoms with Gasteiger partial charge in [-0.05, 0) is 43.2 Å². The first-order valence-electron chi connectivity index (χ1n) is 10.2. The van der Waals surface area contributed by atoms with Gasteiger partial charge in [0.1, 0.15) is 0 Å². The Bertz CT molecular complexity index is 1130. The molecule has 0 bridgehead atoms. The molecule has 0 spiro atoms. The van der Waals surface area contributed by atoms with Crippen LogP contribution in [0.25, 0.3) is 10.9 Å². The molecule has 0 saturated carbocycles. The van der Waals surface area contributed by atoms with Gasteiger partial charge in [-0.3, -0.25) is 14.5 Å². The van der Waals surface area contributed by atoms with Crippen LogP contribution in [-0.4, -0.2) is 28.5 Å². The van der Waals surface area contributed by atoms with E-state index in [-0.39, 0.29) is 17.9 Å². The van der Waals surface area contributed by atoms with Gasteiger partial charge in [0, 0.05) is 48.9 Å². The topological polar surface area (TPSA) is 54.3 Å². The highest BCUT2D eigenvalue weighted by atomic mass is 16.2. The maximum Gasteiger partial charge on any atom is 0.238 e. The summed E-state index contributed by atoms with van der Waals surface area (Å²) in [4.78, 5) is 27.7. The van der Waals surface area contributed by atoms with Crippen LogP contribution in [0.4, 0.5) is 5.69 Å². The number of pyridine rings is 1. The van der Waals surface area contributed by atoms with E-state index in [1.54, 1.807) is 0 Å². The molecule has 0 fully saturated rings. The van der Waals surface area contributed by atoms with Gasteiger partial charge in [-0.25, -0.2) is 0 Å². The highest BCUT2D eigenvalue weighted by Gasteiger charge is 2.24. The minimum atomic E-state index is -0.0499. The second kappa shape index (κ2) is 7.84. The molecule has 1 aromatic heterocycles. The maximum atomic E-state index is 13.1. The molecule has 0 unspecified atom stereocenters. The second-order valence-electron chi connectivity index (χ2n) is 7.89. The fourth-order valence-electron chi connectivity index (χ4n) is 4.18. The summed E-state index contributed by atoms with van der Waals surface area (Å²) in [7, 11) is 2.03. The number of nitrogens with one attached hydrogen (secondary N) is 1. The number of aryl methyl sites for hydroxylation is 3. The van der Waals surface area contributed by atoms with Crippen LogP contribution < -0.4 is 10.7 Å². The van der Waals surface area contributed by atoms with Crippen molar-refractivity contribution in [2.75, 3.05) is 18.4 Å². The van der Waals surface area contributed by atoms with E-state index in [9.17, 15) is 9.59 Å². The molecular weight excluding hydrogens is 362 g/mol. The molecule has 5 heteroatoms. The molecule has 29 heavy (non-hydrogen) atoms. The largest absolute Gasteiger partial charge is 0.347 e. The molecular formula is C24H27N3O2. The van der Waals surface area contributed by atoms with Crippen LogP contribution in [-0.2, 0) is 31.2 Å². The van der Waals surface area contributed by atoms with Crippen LogP contribution in [0.15, 0.2) is 47.3 Å². The number of hydrogen-bond donors (Lipinski definition) is 1. The van der Waals surface area contributed by atoms with E-state index in [0.717, 1.165) is 52.8 Å². The molecule has 0 atom stereocenters. The number of benzene rings is 2. The summed E-state index contributed by atoms with van der Waals surface area (Å²) in [5.74, 6) is -0.0499. The third kappa shape index (κ3) is 3.83. The third-order valence-corrected chi connectivity index (χ3v) is 5.85. The lowest BCUT2D eigenvalue weighted by atomic mass is 10.0. The van der Waals surface area contributed by atoms with Crippen molar-refractivity contribution in [1.29, 1.82) is 0 Å². The number of rotatable bonds is 4. The smallest absolute Gasteiger partial charge is 0.238 e. The van der Waals surface area contributed by atoms with Crippen LogP contribution in [0, 0.1) is 6.92 Å². The first-order valence-corrected chi connectivity index (χ1v) is 10.2. The zero-order chi connectivity index (χ0) is 20.5. The number of anilines is 1. The number of carbonyl (C=O) groups excluding carboxylic acids is 1. The Morgan fingerprint density at radius 2 is 1.90 bits per heavy atom. The summed E-state index contributed by atoms with van der Waals surface area (Å²) in [6, 6.07) is 14.0. The van der Waals surface area contributed by atoms with Crippen molar-refractivity contribution in [3.05, 3.63) is 75.1 Å². The average Bonchev–Trinajstić information content (AvgIpc) is 2.72. The SMILES string of the molecule is CCc1ccc(NC(=O)CN2CCc3c(c(=O)c4cc(C)ccc4n3C)C2)cc1. The van der Waals surface area contributed by atoms with E-state index in [4.69, 9.17) is 0 Å². The Morgan fingerprint density at radius 1 is 1.14 bits per heavy atom. The zero-order valence-electron chi connectivity index (χ0n) is 17.3. The van der Waals surface area contributed by atoms with Crippen molar-refractivity contribution < 1.29 is 4.79 Å². The van der Waals surface area contributed by atoms with Crippen molar-refractivity contribution in [2.24, 2.45) is 7.05 Å². The Balaban J connectivity index is 1.52. The van der Waals surface area contributed by atoms with Gasteiger partial charge in [0.15, 0.2) is 5.43 Å². The molecule has 4 rings (SSSR count). The zero-order valence-corrected chi connectivity index (χ0v) is 17.3. The predicted octanol–water partition coefficient (Wildman–Crippen LogP) is 3.41. The molecule has 150 valence electrons. The van der Waals surface area contributed by atoms with Gasteiger partial charge in [0.05, 0.1) is 12.1 Å². The maximum absolute atomic E-state index is 13.1. The molecule has 5 nitrogen and oxygen atoms in total. The molecule has 0 aliphatic carbocycles. The lowest BCUT2D eigenvalue weighted by Gasteiger charge is -2.29. The number of nitrogens with zero attached hydrogens (tertiary/aromatic N) is 2. The summed E-state index contributed by atoms with van der Waals surface area (Å²) in [5, 5.41) is 3.72. The van der Waals surface area contributed by atoms with E-state index in [1.165, 1.54) is 5.56 Å². The summed E-state index contributed by atoms with van der Waals surface area (Å²) in [5.41, 5.74) is 6.10. The molecule has 0 saturated heterocycles. The lowest BCUT2D eigenvalue weighted by molar-refractivity contribution is -0.117. The van der Waals surface area contributed by atoms with Gasteiger partial charge < -0.3 is 9.88 Å². The third-order valence-electron chi connectivity index (χ3n) is 5.85. The van der Waals surface area contributed by atoms with Gasteiger partial charge in [-0.1, -0.05) is 30.7 Å². The van der Waals surface area contributed by atoms with Crippen LogP contribution in [0.3, 0.4) is 0 Å². The van der Waals surface area contributed by atoms with E-state index >= 15 is 0 Å². The van der Waals surface area contributed by atoms with Crippen LogP contribution in [0.5, 0.6) is 0 Å². The molecule has 1 aliphatic heterocycles. The Labute approximate surface area is 171 Å². The molecule has 1 aliphatic rings. The number of carbonyl (C=O) groups is 1. The van der Waals surface area contributed by atoms with Crippen molar-refractivity contribution in [1.82, 2.24) is 9.47 Å². The minimum absolute atomic E-state index is 0.0499. The number of aromatic nitrogens is 1. The van der Waals surface area contributed by atoms with Crippen LogP contribution in [0.1, 0.15) is 29.3 Å². The molecule has 1 amide bonds. The van der Waals surface area contributed by atoms with Gasteiger partial charge in [-0.15, -0.1) is 0 Å². The van der Waals surface area contributed by atoms with Gasteiger partial charge >= 0.3 is 0 Å². The summed E-state index contributed by atoms with van der Waals surface area (Å²) >= 11 is 0. The molecule has 0 radical (unpaired) electrons. The fraction of sp³-hybridized carbons (Fsp3) is 0.333. The van der Waals surface area contributed by atoms with Gasteiger partial charge in [0.25, 0.3) is 0 Å². The van der Waals surface area contributed by atoms with E-state index in [2.05, 4.69) is 21.7 Å². The Kier molecular flexibility index (Phi) is 5.24. The van der Waals surface area contributed by atoms with Gasteiger partial charge in [-0.2, -0.15) is 0 Å². The monoisotopic (exact) mass is 389 g/mol. The fourth-order valence-corrected chi connectivity index (χ4v) is 4.18. The summed E-state index contributed by atoms with van der Waals surface area (Å²) < 4.78 is 2.14. The van der Waals surface area contributed by atoms with E-state index in [0.29, 0.717) is 6.54 Å². The molecule has 2 aromatic carbocycles. The van der Waals surface area contributed by atoms with Crippen LogP contribution in [0.2, 0.25) is 0 Å². The Hall–Kier alpha value is -2.92. The first kappa shape index (κ1) is 19.4. The highest BCUT2D eigenvalue weighted by molar-refractivity contribution is 5.92. The van der Waals surface area contributed by atoms with E-state index < -0.39 is 0 Å². The van der Waals surface area contributed by atoms with Gasteiger partial charge in [0.2, 0.25) is 5.91 Å². The van der Waals surface area contributed by atoms with E-state index in [1.807, 2.05) is 56.4 Å². The predicted molar refractivity (Wildman–Crippen MR) is 117 cm³/mol. The second-order valence-corrected chi connectivity index (χ2v) is 7.89. The van der Waals surface area contributed by atoms with Crippen molar-refractivity contribution >= 4 is 22.5 Å². The summed E-state index contributed by atoms with van der Waals surface area (Å²) in [6.07, 6.45) is 1.74. The first-order chi connectivity index (χ1) is 14.0. The van der Waals surface area contributed by atoms with Crippen molar-refractivity contribution in [3.63, 3.8) is 0 Å². The summed E-state index contributed by atoms with van der Waals surface area (Å²) in [6.45, 7) is 5.66.